The summed E-state index contributed by atoms with van der Waals surface area (Å²) in [6.07, 6.45) is 0. The molecule has 0 N–H and O–H groups in total. The van der Waals surface area contributed by atoms with Gasteiger partial charge in [-0.3, -0.25) is 19.4 Å². The van der Waals surface area contributed by atoms with Crippen LogP contribution in [0.3, 0.4) is 0 Å². The van der Waals surface area contributed by atoms with Crippen LogP contribution in [-0.2, 0) is 14.4 Å². The minimum atomic E-state index is -0.885. The third-order valence-corrected chi connectivity index (χ3v) is 5.04. The van der Waals surface area contributed by atoms with E-state index in [2.05, 4.69) is 21.0 Å². The fourth-order valence-electron chi connectivity index (χ4n) is 3.34. The van der Waals surface area contributed by atoms with Crippen molar-refractivity contribution < 1.29 is 14.4 Å². The molecule has 0 radical (unpaired) electrons. The number of anilines is 2. The lowest BCUT2D eigenvalue weighted by Gasteiger charge is -2.22. The van der Waals surface area contributed by atoms with Crippen molar-refractivity contribution in [1.82, 2.24) is 0 Å². The predicted molar refractivity (Wildman–Crippen MR) is 101 cm³/mol. The highest BCUT2D eigenvalue weighted by molar-refractivity contribution is 9.10. The van der Waals surface area contributed by atoms with Crippen molar-refractivity contribution in [3.05, 3.63) is 59.1 Å². The van der Waals surface area contributed by atoms with Gasteiger partial charge >= 0.3 is 0 Å². The number of halogens is 1. The molecule has 2 aromatic rings. The van der Waals surface area contributed by atoms with E-state index in [-0.39, 0.29) is 17.4 Å². The number of hydrogen-bond donors (Lipinski definition) is 0. The Kier molecular flexibility index (Phi) is 3.96. The zero-order valence-corrected chi connectivity index (χ0v) is 15.4. The van der Waals surface area contributed by atoms with Gasteiger partial charge in [-0.05, 0) is 36.4 Å². The Morgan fingerprint density at radius 1 is 0.962 bits per heavy atom. The van der Waals surface area contributed by atoms with Crippen molar-refractivity contribution in [3.8, 4) is 0 Å². The van der Waals surface area contributed by atoms with E-state index in [0.29, 0.717) is 11.4 Å². The second-order valence-corrected chi connectivity index (χ2v) is 7.05. The van der Waals surface area contributed by atoms with Crippen molar-refractivity contribution in [2.45, 2.75) is 13.0 Å². The third-order valence-electron chi connectivity index (χ3n) is 4.52. The van der Waals surface area contributed by atoms with E-state index in [4.69, 9.17) is 0 Å². The summed E-state index contributed by atoms with van der Waals surface area (Å²) >= 11 is 3.37. The van der Waals surface area contributed by atoms with Crippen LogP contribution in [0.15, 0.2) is 64.2 Å². The van der Waals surface area contributed by atoms with Gasteiger partial charge < -0.3 is 0 Å². The SMILES string of the molecule is CC(=O)C1=NN(c2ccc(Br)cc2)[C@H]2C(=O)N(c3ccccc3)C(=O)[C@H]12. The Bertz CT molecular complexity index is 940. The van der Waals surface area contributed by atoms with Crippen LogP contribution in [0.2, 0.25) is 0 Å². The largest absolute Gasteiger partial charge is 0.293 e. The molecule has 2 aliphatic rings. The van der Waals surface area contributed by atoms with Crippen molar-refractivity contribution in [1.29, 1.82) is 0 Å². The lowest BCUT2D eigenvalue weighted by molar-refractivity contribution is -0.122. The standard InChI is InChI=1S/C19H14BrN3O3/c1-11(24)16-15-17(23(21-16)14-9-7-12(20)8-10-14)19(26)22(18(15)25)13-5-3-2-4-6-13/h2-10,15,17H,1H3/t15-,17-/m1/s1. The molecule has 26 heavy (non-hydrogen) atoms. The first-order chi connectivity index (χ1) is 12.5. The first kappa shape index (κ1) is 16.7. The van der Waals surface area contributed by atoms with E-state index in [1.54, 1.807) is 36.4 Å². The molecular formula is C19H14BrN3O3. The highest BCUT2D eigenvalue weighted by atomic mass is 79.9. The van der Waals surface area contributed by atoms with Crippen LogP contribution in [0.25, 0.3) is 0 Å². The monoisotopic (exact) mass is 411 g/mol. The van der Waals surface area contributed by atoms with Gasteiger partial charge in [0.1, 0.15) is 17.7 Å². The summed E-state index contributed by atoms with van der Waals surface area (Å²) in [4.78, 5) is 39.3. The number of carbonyl (C=O) groups excluding carboxylic acids is 3. The molecule has 0 aromatic heterocycles. The van der Waals surface area contributed by atoms with Gasteiger partial charge in [-0.2, -0.15) is 5.10 Å². The number of Topliss-reactive ketones (excluding diaryl/α,β-unsaturated/α-hetero) is 1. The number of para-hydroxylation sites is 1. The van der Waals surface area contributed by atoms with Crippen LogP contribution < -0.4 is 9.91 Å². The summed E-state index contributed by atoms with van der Waals surface area (Å²) in [5, 5.41) is 5.80. The molecule has 0 aliphatic carbocycles. The molecule has 4 rings (SSSR count). The number of hydrogen-bond acceptors (Lipinski definition) is 5. The fraction of sp³-hybridized carbons (Fsp3) is 0.158. The van der Waals surface area contributed by atoms with Crippen molar-refractivity contribution in [3.63, 3.8) is 0 Å². The number of imide groups is 1. The fourth-order valence-corrected chi connectivity index (χ4v) is 3.61. The maximum Gasteiger partial charge on any atom is 0.259 e. The van der Waals surface area contributed by atoms with Gasteiger partial charge in [0.2, 0.25) is 5.91 Å². The maximum absolute atomic E-state index is 13.1. The summed E-state index contributed by atoms with van der Waals surface area (Å²) in [5.41, 5.74) is 1.26. The summed E-state index contributed by atoms with van der Waals surface area (Å²) in [6, 6.07) is 15.1. The molecular weight excluding hydrogens is 398 g/mol. The number of benzene rings is 2. The lowest BCUT2D eigenvalue weighted by Crippen LogP contribution is -2.39. The number of hydrazone groups is 1. The molecule has 0 spiro atoms. The molecule has 0 saturated carbocycles. The molecule has 130 valence electrons. The van der Waals surface area contributed by atoms with Crippen molar-refractivity contribution in [2.75, 3.05) is 9.91 Å². The molecule has 0 bridgehead atoms. The minimum Gasteiger partial charge on any atom is -0.293 e. The summed E-state index contributed by atoms with van der Waals surface area (Å²) < 4.78 is 0.882. The first-order valence-electron chi connectivity index (χ1n) is 8.06. The average molecular weight is 412 g/mol. The first-order valence-corrected chi connectivity index (χ1v) is 8.85. The van der Waals surface area contributed by atoms with Gasteiger partial charge in [-0.25, -0.2) is 4.90 Å². The van der Waals surface area contributed by atoms with E-state index in [1.807, 2.05) is 18.2 Å². The smallest absolute Gasteiger partial charge is 0.259 e. The van der Waals surface area contributed by atoms with Crippen molar-refractivity contribution >= 4 is 50.6 Å². The number of ketones is 1. The van der Waals surface area contributed by atoms with E-state index in [1.165, 1.54) is 11.9 Å². The van der Waals surface area contributed by atoms with E-state index < -0.39 is 17.9 Å². The molecule has 2 aliphatic heterocycles. The number of nitrogens with zero attached hydrogens (tertiary/aromatic N) is 3. The van der Waals surface area contributed by atoms with Crippen LogP contribution in [0.5, 0.6) is 0 Å². The molecule has 6 nitrogen and oxygen atoms in total. The van der Waals surface area contributed by atoms with Gasteiger partial charge in [0.15, 0.2) is 5.78 Å². The molecule has 1 fully saturated rings. The zero-order valence-electron chi connectivity index (χ0n) is 13.8. The summed E-state index contributed by atoms with van der Waals surface area (Å²) in [7, 11) is 0. The molecule has 2 amide bonds. The Labute approximate surface area is 158 Å². The maximum atomic E-state index is 13.1. The second-order valence-electron chi connectivity index (χ2n) is 6.13. The van der Waals surface area contributed by atoms with Gasteiger partial charge in [0.25, 0.3) is 5.91 Å². The van der Waals surface area contributed by atoms with E-state index in [0.717, 1.165) is 9.37 Å². The van der Waals surface area contributed by atoms with E-state index in [9.17, 15) is 14.4 Å². The van der Waals surface area contributed by atoms with Crippen LogP contribution in [0.4, 0.5) is 11.4 Å². The zero-order chi connectivity index (χ0) is 18.4. The lowest BCUT2D eigenvalue weighted by atomic mass is 9.95. The molecule has 7 heteroatoms. The molecule has 2 atom stereocenters. The highest BCUT2D eigenvalue weighted by Gasteiger charge is 2.58. The van der Waals surface area contributed by atoms with Crippen LogP contribution in [0, 0.1) is 5.92 Å². The number of carbonyl (C=O) groups is 3. The van der Waals surface area contributed by atoms with Crippen LogP contribution in [0.1, 0.15) is 6.92 Å². The summed E-state index contributed by atoms with van der Waals surface area (Å²) in [6.45, 7) is 1.36. The van der Waals surface area contributed by atoms with Crippen LogP contribution in [-0.4, -0.2) is 29.4 Å². The second kappa shape index (κ2) is 6.17. The number of fused-ring (bicyclic) bond motifs is 1. The topological polar surface area (TPSA) is 70.1 Å². The Morgan fingerprint density at radius 2 is 1.62 bits per heavy atom. The molecule has 2 heterocycles. The van der Waals surface area contributed by atoms with Gasteiger partial charge in [-0.15, -0.1) is 0 Å². The van der Waals surface area contributed by atoms with Crippen molar-refractivity contribution in [2.24, 2.45) is 11.0 Å². The molecule has 0 unspecified atom stereocenters. The molecule has 2 aromatic carbocycles. The molecule has 1 saturated heterocycles. The average Bonchev–Trinajstić information content (AvgIpc) is 3.14. The van der Waals surface area contributed by atoms with Crippen LogP contribution >= 0.6 is 15.9 Å². The van der Waals surface area contributed by atoms with Gasteiger partial charge in [0, 0.05) is 11.4 Å². The summed E-state index contributed by atoms with van der Waals surface area (Å²) in [5.74, 6) is -1.99. The van der Waals surface area contributed by atoms with E-state index >= 15 is 0 Å². The quantitative estimate of drug-likeness (QED) is 0.728. The Morgan fingerprint density at radius 3 is 2.23 bits per heavy atom. The number of amides is 2. The normalized spacial score (nSPS) is 21.8. The third kappa shape index (κ3) is 2.47. The Hall–Kier alpha value is -2.80. The Balaban J connectivity index is 1.80. The highest BCUT2D eigenvalue weighted by Crippen LogP contribution is 2.38. The number of rotatable bonds is 3. The predicted octanol–water partition coefficient (Wildman–Crippen LogP) is 2.77. The van der Waals surface area contributed by atoms with Gasteiger partial charge in [0.05, 0.1) is 11.4 Å². The minimum absolute atomic E-state index is 0.120. The van der Waals surface area contributed by atoms with Gasteiger partial charge in [-0.1, -0.05) is 34.1 Å².